The molecule has 20 heavy (non-hydrogen) atoms. The number of nitrogens with zero attached hydrogens (tertiary/aromatic N) is 4. The molecule has 1 aromatic heterocycles. The van der Waals surface area contributed by atoms with Gasteiger partial charge < -0.3 is 10.1 Å². The van der Waals surface area contributed by atoms with Crippen LogP contribution in [0.4, 0.5) is 0 Å². The van der Waals surface area contributed by atoms with E-state index in [4.69, 9.17) is 4.74 Å². The van der Waals surface area contributed by atoms with Crippen molar-refractivity contribution < 1.29 is 9.53 Å². The summed E-state index contributed by atoms with van der Waals surface area (Å²) >= 11 is 0. The molecule has 1 amide bonds. The van der Waals surface area contributed by atoms with Gasteiger partial charge in [-0.15, -0.1) is 5.10 Å². The molecule has 1 aromatic rings. The summed E-state index contributed by atoms with van der Waals surface area (Å²) in [6.07, 6.45) is 7.06. The average molecular weight is 279 g/mol. The van der Waals surface area contributed by atoms with Crippen molar-refractivity contribution in [2.45, 2.75) is 37.9 Å². The maximum Gasteiger partial charge on any atom is 0.242 e. The van der Waals surface area contributed by atoms with Crippen LogP contribution < -0.4 is 5.32 Å². The molecule has 0 aromatic carbocycles. The first-order valence-corrected chi connectivity index (χ1v) is 7.28. The molecule has 0 spiro atoms. The molecular weight excluding hydrogens is 258 g/mol. The fourth-order valence-corrected chi connectivity index (χ4v) is 3.01. The van der Waals surface area contributed by atoms with Gasteiger partial charge in [0.15, 0.2) is 0 Å². The van der Waals surface area contributed by atoms with E-state index in [2.05, 4.69) is 20.5 Å². The molecule has 3 rings (SSSR count). The van der Waals surface area contributed by atoms with E-state index in [-0.39, 0.29) is 18.5 Å². The van der Waals surface area contributed by atoms with Crippen LogP contribution in [0.15, 0.2) is 12.4 Å². The van der Waals surface area contributed by atoms with Crippen LogP contribution in [0.3, 0.4) is 0 Å². The number of amides is 1. The smallest absolute Gasteiger partial charge is 0.242 e. The third-order valence-electron chi connectivity index (χ3n) is 4.03. The highest BCUT2D eigenvalue weighted by Crippen LogP contribution is 2.18. The third-order valence-corrected chi connectivity index (χ3v) is 4.03. The Labute approximate surface area is 118 Å². The highest BCUT2D eigenvalue weighted by molar-refractivity contribution is 5.76. The summed E-state index contributed by atoms with van der Waals surface area (Å²) < 4.78 is 7.10. The van der Waals surface area contributed by atoms with Crippen LogP contribution in [-0.2, 0) is 16.1 Å². The second kappa shape index (κ2) is 6.32. The average Bonchev–Trinajstić information content (AvgIpc) is 3.11. The topological polar surface area (TPSA) is 72.3 Å². The minimum absolute atomic E-state index is 0.0343. The van der Waals surface area contributed by atoms with E-state index in [1.165, 1.54) is 23.9 Å². The van der Waals surface area contributed by atoms with Gasteiger partial charge >= 0.3 is 0 Å². The van der Waals surface area contributed by atoms with Crippen LogP contribution in [-0.4, -0.2) is 64.2 Å². The molecule has 2 aliphatic rings. The first-order chi connectivity index (χ1) is 9.83. The molecule has 2 aliphatic heterocycles. The van der Waals surface area contributed by atoms with Crippen molar-refractivity contribution in [3.05, 3.63) is 12.4 Å². The first kappa shape index (κ1) is 13.5. The molecule has 3 heterocycles. The second-order valence-electron chi connectivity index (χ2n) is 5.48. The van der Waals surface area contributed by atoms with Gasteiger partial charge in [-0.2, -0.15) is 0 Å². The number of hydrogen-bond acceptors (Lipinski definition) is 5. The second-order valence-corrected chi connectivity index (χ2v) is 5.48. The highest BCUT2D eigenvalue weighted by Gasteiger charge is 2.34. The van der Waals surface area contributed by atoms with E-state index in [1.54, 1.807) is 12.4 Å². The van der Waals surface area contributed by atoms with Crippen molar-refractivity contribution in [3.63, 3.8) is 0 Å². The highest BCUT2D eigenvalue weighted by atomic mass is 16.5. The Hall–Kier alpha value is -1.47. The lowest BCUT2D eigenvalue weighted by atomic mass is 10.0. The number of nitrogens with one attached hydrogen (secondary N) is 1. The van der Waals surface area contributed by atoms with Crippen LogP contribution in [0.5, 0.6) is 0 Å². The molecule has 2 atom stereocenters. The van der Waals surface area contributed by atoms with Crippen LogP contribution in [0.1, 0.15) is 19.3 Å². The summed E-state index contributed by atoms with van der Waals surface area (Å²) in [6.45, 7) is 3.76. The number of carbonyl (C=O) groups is 1. The standard InChI is InChI=1S/C13H21N5O2/c19-13(8-18-7-4-14-16-18)15-11-9-20-10-12(11)17-5-2-1-3-6-17/h4,7,11-12H,1-3,5-6,8-10H2,(H,15,19)/t11-,12-/m0/s1. The summed E-state index contributed by atoms with van der Waals surface area (Å²) in [5.41, 5.74) is 0. The fraction of sp³-hybridized carbons (Fsp3) is 0.769. The molecule has 0 aliphatic carbocycles. The Morgan fingerprint density at radius 3 is 2.90 bits per heavy atom. The van der Waals surface area contributed by atoms with Crippen molar-refractivity contribution in [1.29, 1.82) is 0 Å². The Bertz CT molecular complexity index is 430. The number of likely N-dealkylation sites (tertiary alicyclic amines) is 1. The van der Waals surface area contributed by atoms with Gasteiger partial charge in [0.05, 0.1) is 31.5 Å². The quantitative estimate of drug-likeness (QED) is 0.815. The molecule has 2 saturated heterocycles. The summed E-state index contributed by atoms with van der Waals surface area (Å²) in [6, 6.07) is 0.402. The summed E-state index contributed by atoms with van der Waals surface area (Å²) in [4.78, 5) is 14.5. The normalized spacial score (nSPS) is 27.6. The zero-order chi connectivity index (χ0) is 13.8. The van der Waals surface area contributed by atoms with Crippen molar-refractivity contribution in [2.24, 2.45) is 0 Å². The fourth-order valence-electron chi connectivity index (χ4n) is 3.01. The molecule has 0 radical (unpaired) electrons. The SMILES string of the molecule is O=C(Cn1ccnn1)N[C@H]1COC[C@@H]1N1CCCCC1. The Morgan fingerprint density at radius 1 is 1.30 bits per heavy atom. The Kier molecular flexibility index (Phi) is 4.27. The zero-order valence-electron chi connectivity index (χ0n) is 11.6. The van der Waals surface area contributed by atoms with Gasteiger partial charge in [-0.05, 0) is 25.9 Å². The van der Waals surface area contributed by atoms with Crippen LogP contribution in [0, 0.1) is 0 Å². The maximum atomic E-state index is 12.0. The largest absolute Gasteiger partial charge is 0.378 e. The van der Waals surface area contributed by atoms with Crippen LogP contribution in [0.2, 0.25) is 0 Å². The number of aromatic nitrogens is 3. The number of ether oxygens (including phenoxy) is 1. The van der Waals surface area contributed by atoms with Gasteiger partial charge in [0.1, 0.15) is 6.54 Å². The minimum atomic E-state index is -0.0343. The molecule has 110 valence electrons. The van der Waals surface area contributed by atoms with Crippen molar-refractivity contribution in [3.8, 4) is 0 Å². The van der Waals surface area contributed by atoms with Crippen LogP contribution in [0.25, 0.3) is 0 Å². The molecule has 2 fully saturated rings. The van der Waals surface area contributed by atoms with Crippen molar-refractivity contribution in [2.75, 3.05) is 26.3 Å². The maximum absolute atomic E-state index is 12.0. The molecule has 0 saturated carbocycles. The molecule has 7 nitrogen and oxygen atoms in total. The van der Waals surface area contributed by atoms with E-state index in [1.807, 2.05) is 0 Å². The molecule has 1 N–H and O–H groups in total. The van der Waals surface area contributed by atoms with E-state index >= 15 is 0 Å². The third kappa shape index (κ3) is 3.16. The van der Waals surface area contributed by atoms with E-state index in [0.717, 1.165) is 13.1 Å². The monoisotopic (exact) mass is 279 g/mol. The van der Waals surface area contributed by atoms with Gasteiger partial charge in [0.2, 0.25) is 5.91 Å². The molecular formula is C13H21N5O2. The van der Waals surface area contributed by atoms with Gasteiger partial charge in [0, 0.05) is 6.20 Å². The van der Waals surface area contributed by atoms with E-state index < -0.39 is 0 Å². The Balaban J connectivity index is 1.54. The van der Waals surface area contributed by atoms with Gasteiger partial charge in [-0.25, -0.2) is 4.68 Å². The van der Waals surface area contributed by atoms with Crippen molar-refractivity contribution in [1.82, 2.24) is 25.2 Å². The number of hydrogen-bond donors (Lipinski definition) is 1. The molecule has 7 heteroatoms. The summed E-state index contributed by atoms with van der Waals surface area (Å²) in [5.74, 6) is -0.0343. The number of carbonyl (C=O) groups excluding carboxylic acids is 1. The van der Waals surface area contributed by atoms with Gasteiger partial charge in [-0.1, -0.05) is 11.6 Å². The lowest BCUT2D eigenvalue weighted by Gasteiger charge is -2.34. The molecule has 0 bridgehead atoms. The lowest BCUT2D eigenvalue weighted by molar-refractivity contribution is -0.122. The van der Waals surface area contributed by atoms with E-state index in [9.17, 15) is 4.79 Å². The summed E-state index contributed by atoms with van der Waals surface area (Å²) in [7, 11) is 0. The number of rotatable bonds is 4. The van der Waals surface area contributed by atoms with Crippen molar-refractivity contribution >= 4 is 5.91 Å². The van der Waals surface area contributed by atoms with Crippen LogP contribution >= 0.6 is 0 Å². The Morgan fingerprint density at radius 2 is 2.15 bits per heavy atom. The van der Waals surface area contributed by atoms with Gasteiger partial charge in [0.25, 0.3) is 0 Å². The zero-order valence-corrected chi connectivity index (χ0v) is 11.6. The summed E-state index contributed by atoms with van der Waals surface area (Å²) in [5, 5.41) is 10.6. The predicted octanol–water partition coefficient (Wildman–Crippen LogP) is -0.352. The van der Waals surface area contributed by atoms with Gasteiger partial charge in [-0.3, -0.25) is 9.69 Å². The van der Waals surface area contributed by atoms with E-state index in [0.29, 0.717) is 19.3 Å². The minimum Gasteiger partial charge on any atom is -0.378 e. The molecule has 0 unspecified atom stereocenters. The first-order valence-electron chi connectivity index (χ1n) is 7.28. The lowest BCUT2D eigenvalue weighted by Crippen LogP contribution is -2.53. The predicted molar refractivity (Wildman–Crippen MR) is 72.0 cm³/mol. The number of piperidine rings is 1.